The number of aliphatic hydroxyl groups is 1. The van der Waals surface area contributed by atoms with E-state index in [4.69, 9.17) is 10.3 Å². The van der Waals surface area contributed by atoms with Gasteiger partial charge in [-0.3, -0.25) is 14.3 Å². The zero-order chi connectivity index (χ0) is 15.4. The molecule has 0 radical (unpaired) electrons. The van der Waals surface area contributed by atoms with E-state index in [0.717, 1.165) is 0 Å². The van der Waals surface area contributed by atoms with Crippen molar-refractivity contribution in [1.29, 1.82) is 0 Å². The highest BCUT2D eigenvalue weighted by atomic mass is 79.9. The minimum absolute atomic E-state index is 0.235. The van der Waals surface area contributed by atoms with Gasteiger partial charge >= 0.3 is 5.69 Å². The van der Waals surface area contributed by atoms with Gasteiger partial charge in [-0.1, -0.05) is 21.0 Å². The summed E-state index contributed by atoms with van der Waals surface area (Å²) >= 11 is 3.06. The maximum Gasteiger partial charge on any atom is 0.330 e. The number of hydrogen-bond donors (Lipinski definition) is 2. The molecule has 0 amide bonds. The fraction of sp³-hybridized carbons (Fsp3) is 0.455. The molecular formula is C11H12BrN5O4. The maximum atomic E-state index is 11.9. The quantitative estimate of drug-likeness (QED) is 0.469. The van der Waals surface area contributed by atoms with E-state index in [1.54, 1.807) is 0 Å². The Kier molecular flexibility index (Phi) is 4.97. The summed E-state index contributed by atoms with van der Waals surface area (Å²) in [7, 11) is 0. The Balaban J connectivity index is 2.39. The topological polar surface area (TPSA) is 133 Å². The van der Waals surface area contributed by atoms with E-state index in [2.05, 4.69) is 30.9 Å². The first-order valence-electron chi connectivity index (χ1n) is 6.03. The second kappa shape index (κ2) is 6.72. The van der Waals surface area contributed by atoms with Crippen LogP contribution in [0.3, 0.4) is 0 Å². The summed E-state index contributed by atoms with van der Waals surface area (Å²) < 4.78 is 6.71. The lowest BCUT2D eigenvalue weighted by Gasteiger charge is -2.14. The summed E-state index contributed by atoms with van der Waals surface area (Å²) in [6.07, 6.45) is 1.68. The monoisotopic (exact) mass is 357 g/mol. The molecule has 1 unspecified atom stereocenters. The standard InChI is InChI=1S/C11H12BrN5O4/c12-2-1-6-4-17(11(20)14-10(6)19)9-3-7(15-16-13)8(5-18)21-9/h1-2,4,7-9,18H,3,5H2,(H,14,19,20)/b2-1+/t7?,8-,9-/m1/s1. The molecule has 2 N–H and O–H groups in total. The minimum atomic E-state index is -0.718. The number of H-pyrrole nitrogens is 1. The van der Waals surface area contributed by atoms with E-state index in [9.17, 15) is 14.7 Å². The summed E-state index contributed by atoms with van der Waals surface area (Å²) in [5.74, 6) is 0. The van der Waals surface area contributed by atoms with Crippen molar-refractivity contribution in [2.75, 3.05) is 6.61 Å². The summed E-state index contributed by atoms with van der Waals surface area (Å²) in [4.78, 5) is 29.8. The third-order valence-electron chi connectivity index (χ3n) is 3.13. The van der Waals surface area contributed by atoms with Gasteiger partial charge in [0.05, 0.1) is 24.3 Å². The van der Waals surface area contributed by atoms with E-state index in [1.165, 1.54) is 21.8 Å². The Morgan fingerprint density at radius 1 is 1.67 bits per heavy atom. The highest BCUT2D eigenvalue weighted by Crippen LogP contribution is 2.29. The lowest BCUT2D eigenvalue weighted by molar-refractivity contribution is -0.0271. The van der Waals surface area contributed by atoms with Crippen LogP contribution in [-0.4, -0.2) is 33.4 Å². The normalized spacial score (nSPS) is 25.1. The number of nitrogens with one attached hydrogen (secondary N) is 1. The van der Waals surface area contributed by atoms with Gasteiger partial charge in [0.25, 0.3) is 5.56 Å². The molecule has 0 saturated carbocycles. The van der Waals surface area contributed by atoms with Crippen LogP contribution in [0.5, 0.6) is 0 Å². The summed E-state index contributed by atoms with van der Waals surface area (Å²) in [5.41, 5.74) is 7.61. The SMILES string of the molecule is [N-]=[N+]=NC1C[C@H](n2cc(/C=C/Br)c(=O)[nH]c2=O)O[C@@H]1CO. The molecule has 3 atom stereocenters. The first-order valence-corrected chi connectivity index (χ1v) is 6.95. The first-order chi connectivity index (χ1) is 10.1. The number of rotatable bonds is 4. The van der Waals surface area contributed by atoms with E-state index >= 15 is 0 Å². The fourth-order valence-corrected chi connectivity index (χ4v) is 2.42. The minimum Gasteiger partial charge on any atom is -0.394 e. The first kappa shape index (κ1) is 15.5. The molecule has 21 heavy (non-hydrogen) atoms. The number of aliphatic hydroxyl groups excluding tert-OH is 1. The Morgan fingerprint density at radius 3 is 3.05 bits per heavy atom. The van der Waals surface area contributed by atoms with Gasteiger partial charge in [0.1, 0.15) is 6.23 Å². The van der Waals surface area contributed by atoms with Crippen molar-refractivity contribution in [3.05, 3.63) is 48.0 Å². The highest BCUT2D eigenvalue weighted by Gasteiger charge is 2.35. The third-order valence-corrected chi connectivity index (χ3v) is 3.40. The molecule has 2 heterocycles. The van der Waals surface area contributed by atoms with Crippen LogP contribution in [0.15, 0.2) is 25.9 Å². The van der Waals surface area contributed by atoms with Crippen molar-refractivity contribution in [3.63, 3.8) is 0 Å². The van der Waals surface area contributed by atoms with E-state index < -0.39 is 29.6 Å². The van der Waals surface area contributed by atoms with E-state index in [0.29, 0.717) is 0 Å². The average Bonchev–Trinajstić information content (AvgIpc) is 2.85. The third kappa shape index (κ3) is 3.24. The molecule has 0 aromatic carbocycles. The Morgan fingerprint density at radius 2 is 2.43 bits per heavy atom. The van der Waals surface area contributed by atoms with Crippen LogP contribution in [0.25, 0.3) is 16.5 Å². The zero-order valence-corrected chi connectivity index (χ0v) is 12.3. The molecule has 1 aliphatic rings. The number of ether oxygens (including phenoxy) is 1. The number of aromatic amines is 1. The molecule has 112 valence electrons. The maximum absolute atomic E-state index is 11.9. The molecule has 2 rings (SSSR count). The van der Waals surface area contributed by atoms with Gasteiger partial charge in [-0.15, -0.1) is 0 Å². The predicted molar refractivity (Wildman–Crippen MR) is 77.8 cm³/mol. The molecule has 9 nitrogen and oxygen atoms in total. The highest BCUT2D eigenvalue weighted by molar-refractivity contribution is 9.11. The van der Waals surface area contributed by atoms with Crippen molar-refractivity contribution in [1.82, 2.24) is 9.55 Å². The predicted octanol–water partition coefficient (Wildman–Crippen LogP) is 0.861. The van der Waals surface area contributed by atoms with Crippen LogP contribution in [0, 0.1) is 0 Å². The molecule has 1 aromatic heterocycles. The van der Waals surface area contributed by atoms with Crippen LogP contribution in [-0.2, 0) is 4.74 Å². The second-order valence-electron chi connectivity index (χ2n) is 4.36. The van der Waals surface area contributed by atoms with Gasteiger partial charge in [-0.2, -0.15) is 0 Å². The van der Waals surface area contributed by atoms with Crippen LogP contribution in [0.1, 0.15) is 18.2 Å². The van der Waals surface area contributed by atoms with Crippen LogP contribution in [0.2, 0.25) is 0 Å². The molecular weight excluding hydrogens is 346 g/mol. The number of hydrogen-bond acceptors (Lipinski definition) is 5. The Bertz CT molecular complexity index is 705. The van der Waals surface area contributed by atoms with Crippen LogP contribution < -0.4 is 11.2 Å². The lowest BCUT2D eigenvalue weighted by atomic mass is 10.1. The van der Waals surface area contributed by atoms with Crippen LogP contribution in [0.4, 0.5) is 0 Å². The second-order valence-corrected chi connectivity index (χ2v) is 4.89. The van der Waals surface area contributed by atoms with Crippen LogP contribution >= 0.6 is 15.9 Å². The van der Waals surface area contributed by atoms with E-state index in [1.807, 2.05) is 0 Å². The number of azide groups is 1. The number of nitrogens with zero attached hydrogens (tertiary/aromatic N) is 4. The summed E-state index contributed by atoms with van der Waals surface area (Å²) in [6.45, 7) is -0.327. The van der Waals surface area contributed by atoms with Gasteiger partial charge in [-0.25, -0.2) is 4.79 Å². The molecule has 1 aromatic rings. The Hall–Kier alpha value is -1.87. The van der Waals surface area contributed by atoms with Gasteiger partial charge in [-0.05, 0) is 16.6 Å². The molecule has 10 heteroatoms. The molecule has 1 fully saturated rings. The molecule has 0 bridgehead atoms. The van der Waals surface area contributed by atoms with Crippen molar-refractivity contribution >= 4 is 22.0 Å². The molecule has 0 aliphatic carbocycles. The van der Waals surface area contributed by atoms with Gasteiger partial charge in [0.2, 0.25) is 0 Å². The van der Waals surface area contributed by atoms with Gasteiger partial charge < -0.3 is 9.84 Å². The molecule has 1 aliphatic heterocycles. The zero-order valence-electron chi connectivity index (χ0n) is 10.7. The fourth-order valence-electron chi connectivity index (χ4n) is 2.14. The Labute approximate surface area is 126 Å². The largest absolute Gasteiger partial charge is 0.394 e. The number of halogens is 1. The van der Waals surface area contributed by atoms with Crippen molar-refractivity contribution < 1.29 is 9.84 Å². The summed E-state index contributed by atoms with van der Waals surface area (Å²) in [5, 5.41) is 12.8. The molecule has 0 spiro atoms. The van der Waals surface area contributed by atoms with Gasteiger partial charge in [0.15, 0.2) is 0 Å². The van der Waals surface area contributed by atoms with E-state index in [-0.39, 0.29) is 18.6 Å². The van der Waals surface area contributed by atoms with Crippen molar-refractivity contribution in [3.8, 4) is 0 Å². The molecule has 1 saturated heterocycles. The number of aromatic nitrogens is 2. The summed E-state index contributed by atoms with van der Waals surface area (Å²) in [6, 6.07) is -0.570. The average molecular weight is 358 g/mol. The lowest BCUT2D eigenvalue weighted by Crippen LogP contribution is -2.33. The smallest absolute Gasteiger partial charge is 0.330 e. The van der Waals surface area contributed by atoms with Crippen molar-refractivity contribution in [2.24, 2.45) is 5.11 Å². The van der Waals surface area contributed by atoms with Crippen molar-refractivity contribution in [2.45, 2.75) is 24.8 Å². The van der Waals surface area contributed by atoms with Gasteiger partial charge in [0, 0.05) is 17.5 Å².